The number of rotatable bonds is 59. The minimum atomic E-state index is -1.98. The fourth-order valence-electron chi connectivity index (χ4n) is 12.4. The molecular weight excluding hydrogens is 1260 g/mol. The SMILES string of the molecule is CC/C=C\C/C=C\C/C=C\C/C=C\C/C=C\C/C=C\C/C=C\C/C=C\C/C=C\CCCCCCCCCCCCCC(=O)NC(COC1OC(CO)C(OC2OC(CO)C(OC3OC(CO)C(O)C(O)C3O)C(O)C2O)C(O)C1O)C(O)CCCCCCCCCCCCCCCCC. The highest BCUT2D eigenvalue weighted by molar-refractivity contribution is 5.76. The summed E-state index contributed by atoms with van der Waals surface area (Å²) in [5.41, 5.74) is 0. The predicted octanol–water partition coefficient (Wildman–Crippen LogP) is 12.2. The van der Waals surface area contributed by atoms with Gasteiger partial charge in [0.25, 0.3) is 0 Å². The lowest BCUT2D eigenvalue weighted by Crippen LogP contribution is -2.66. The maximum Gasteiger partial charge on any atom is 0.220 e. The van der Waals surface area contributed by atoms with Crippen molar-refractivity contribution in [1.82, 2.24) is 5.32 Å². The number of aliphatic hydroxyl groups is 11. The van der Waals surface area contributed by atoms with E-state index in [0.717, 1.165) is 116 Å². The zero-order valence-electron chi connectivity index (χ0n) is 60.7. The number of carbonyl (C=O) groups is 1. The van der Waals surface area contributed by atoms with Crippen molar-refractivity contribution < 1.29 is 89.4 Å². The molecule has 570 valence electrons. The lowest BCUT2D eigenvalue weighted by molar-refractivity contribution is -0.379. The second kappa shape index (κ2) is 59.8. The molecule has 99 heavy (non-hydrogen) atoms. The molecule has 0 bridgehead atoms. The molecule has 17 unspecified atom stereocenters. The second-order valence-electron chi connectivity index (χ2n) is 27.1. The van der Waals surface area contributed by atoms with Crippen LogP contribution in [0.5, 0.6) is 0 Å². The van der Waals surface area contributed by atoms with Crippen LogP contribution in [0, 0.1) is 0 Å². The highest BCUT2D eigenvalue weighted by Crippen LogP contribution is 2.33. The Labute approximate surface area is 595 Å². The standard InChI is InChI=1S/C80H137NO18/c1-3-5-7-9-11-13-15-17-19-20-21-22-23-24-25-26-27-28-29-30-31-32-33-34-35-36-37-38-39-40-41-42-44-46-48-50-52-54-56-58-68(86)81-63(64(85)57-55-53-51-49-47-45-43-18-16-14-12-10-8-6-4-2)62-94-78-74(92)71(89)76(66(60-83)96-78)99-80-75(93)72(90)77(67(61-84)97-80)98-79-73(91)70(88)69(87)65(59-82)95-79/h5,7,11,13,17,19,21-22,24-25,27-28,30-31,33-34,36-37,63-67,69-80,82-85,87-93H,3-4,6,8-10,12,14-16,18,20,23,26,29,32,35,38-62H2,1-2H3,(H,81,86)/b7-5-,13-11-,19-17-,22-21-,25-24-,28-27-,31-30-,34-33-,37-36-. The van der Waals surface area contributed by atoms with Gasteiger partial charge in [0.05, 0.1) is 38.6 Å². The van der Waals surface area contributed by atoms with Gasteiger partial charge in [0.2, 0.25) is 5.91 Å². The molecule has 0 aromatic heterocycles. The lowest BCUT2D eigenvalue weighted by atomic mass is 9.96. The van der Waals surface area contributed by atoms with Crippen molar-refractivity contribution in [2.45, 2.75) is 362 Å². The largest absolute Gasteiger partial charge is 0.394 e. The average molecular weight is 1400 g/mol. The molecule has 0 aromatic carbocycles. The van der Waals surface area contributed by atoms with Crippen LogP contribution in [-0.4, -0.2) is 193 Å². The van der Waals surface area contributed by atoms with Gasteiger partial charge in [-0.1, -0.05) is 277 Å². The van der Waals surface area contributed by atoms with Crippen molar-refractivity contribution in [3.8, 4) is 0 Å². The van der Waals surface area contributed by atoms with E-state index in [-0.39, 0.29) is 18.9 Å². The first-order valence-electron chi connectivity index (χ1n) is 38.6. The molecule has 19 nitrogen and oxygen atoms in total. The first-order valence-corrected chi connectivity index (χ1v) is 38.6. The number of hydrogen-bond acceptors (Lipinski definition) is 18. The van der Waals surface area contributed by atoms with Crippen LogP contribution in [0.3, 0.4) is 0 Å². The van der Waals surface area contributed by atoms with Gasteiger partial charge >= 0.3 is 0 Å². The van der Waals surface area contributed by atoms with E-state index in [0.29, 0.717) is 12.8 Å². The summed E-state index contributed by atoms with van der Waals surface area (Å²) < 4.78 is 34.4. The number of hydrogen-bond donors (Lipinski definition) is 12. The van der Waals surface area contributed by atoms with Crippen LogP contribution in [0.2, 0.25) is 0 Å². The molecule has 0 spiro atoms. The Hall–Kier alpha value is -3.55. The van der Waals surface area contributed by atoms with Gasteiger partial charge in [-0.05, 0) is 83.5 Å². The molecule has 3 rings (SSSR count). The van der Waals surface area contributed by atoms with Gasteiger partial charge in [0, 0.05) is 6.42 Å². The van der Waals surface area contributed by atoms with Gasteiger partial charge in [-0.2, -0.15) is 0 Å². The van der Waals surface area contributed by atoms with E-state index in [1.807, 2.05) is 0 Å². The number of aliphatic hydroxyl groups excluding tert-OH is 11. The summed E-state index contributed by atoms with van der Waals surface area (Å²) in [6.07, 6.45) is 54.6. The number of carbonyl (C=O) groups excluding carboxylic acids is 1. The van der Waals surface area contributed by atoms with Crippen molar-refractivity contribution >= 4 is 5.91 Å². The molecule has 3 saturated heterocycles. The monoisotopic (exact) mass is 1400 g/mol. The number of ether oxygens (including phenoxy) is 6. The van der Waals surface area contributed by atoms with Gasteiger partial charge in [-0.15, -0.1) is 0 Å². The second-order valence-corrected chi connectivity index (χ2v) is 27.1. The van der Waals surface area contributed by atoms with Crippen LogP contribution < -0.4 is 5.32 Å². The van der Waals surface area contributed by atoms with Crippen molar-refractivity contribution in [3.05, 3.63) is 109 Å². The van der Waals surface area contributed by atoms with Crippen molar-refractivity contribution in [2.24, 2.45) is 0 Å². The average Bonchev–Trinajstić information content (AvgIpc) is 0.784. The predicted molar refractivity (Wildman–Crippen MR) is 392 cm³/mol. The summed E-state index contributed by atoms with van der Waals surface area (Å²) in [6, 6.07) is -0.895. The van der Waals surface area contributed by atoms with Crippen LogP contribution in [0.25, 0.3) is 0 Å². The smallest absolute Gasteiger partial charge is 0.220 e. The fourth-order valence-corrected chi connectivity index (χ4v) is 12.4. The highest BCUT2D eigenvalue weighted by Gasteiger charge is 2.53. The molecule has 0 aromatic rings. The van der Waals surface area contributed by atoms with E-state index in [1.54, 1.807) is 0 Å². The Morgan fingerprint density at radius 2 is 0.697 bits per heavy atom. The number of nitrogens with one attached hydrogen (secondary N) is 1. The third-order valence-electron chi connectivity index (χ3n) is 18.6. The van der Waals surface area contributed by atoms with Gasteiger partial charge in [-0.3, -0.25) is 4.79 Å². The minimum Gasteiger partial charge on any atom is -0.394 e. The fraction of sp³-hybridized carbons (Fsp3) is 0.762. The first kappa shape index (κ1) is 89.7. The maximum atomic E-state index is 13.5. The summed E-state index contributed by atoms with van der Waals surface area (Å²) in [5.74, 6) is -0.249. The molecule has 0 saturated carbocycles. The first-order chi connectivity index (χ1) is 48.3. The molecule has 0 aliphatic carbocycles. The Morgan fingerprint density at radius 1 is 0.374 bits per heavy atom. The molecular formula is C80H137NO18. The summed E-state index contributed by atoms with van der Waals surface area (Å²) in [5, 5.41) is 121. The summed E-state index contributed by atoms with van der Waals surface area (Å²) in [7, 11) is 0. The van der Waals surface area contributed by atoms with Crippen molar-refractivity contribution in [2.75, 3.05) is 26.4 Å². The molecule has 3 fully saturated rings. The minimum absolute atomic E-state index is 0.249. The molecule has 3 aliphatic rings. The van der Waals surface area contributed by atoms with Crippen LogP contribution in [-0.2, 0) is 33.2 Å². The van der Waals surface area contributed by atoms with E-state index in [1.165, 1.54) is 109 Å². The molecule has 3 heterocycles. The highest BCUT2D eigenvalue weighted by atomic mass is 16.8. The quantitative estimate of drug-likeness (QED) is 0.0199. The zero-order chi connectivity index (χ0) is 71.8. The topological polar surface area (TPSA) is 307 Å². The van der Waals surface area contributed by atoms with E-state index in [2.05, 4.69) is 129 Å². The molecule has 3 aliphatic heterocycles. The number of amides is 1. The van der Waals surface area contributed by atoms with Crippen LogP contribution in [0.1, 0.15) is 258 Å². The molecule has 17 atom stereocenters. The summed E-state index contributed by atoms with van der Waals surface area (Å²) in [4.78, 5) is 13.5. The van der Waals surface area contributed by atoms with Gasteiger partial charge in [0.15, 0.2) is 18.9 Å². The van der Waals surface area contributed by atoms with Crippen LogP contribution in [0.4, 0.5) is 0 Å². The van der Waals surface area contributed by atoms with Gasteiger partial charge in [0.1, 0.15) is 73.2 Å². The normalized spacial score (nSPS) is 27.2. The lowest BCUT2D eigenvalue weighted by Gasteiger charge is -2.48. The third kappa shape index (κ3) is 40.3. The van der Waals surface area contributed by atoms with Crippen LogP contribution >= 0.6 is 0 Å². The molecule has 19 heteroatoms. The Kier molecular flexibility index (Phi) is 54.2. The number of allylic oxidation sites excluding steroid dienone is 18. The van der Waals surface area contributed by atoms with Crippen LogP contribution in [0.15, 0.2) is 109 Å². The molecule has 0 radical (unpaired) electrons. The van der Waals surface area contributed by atoms with Gasteiger partial charge in [-0.25, -0.2) is 0 Å². The van der Waals surface area contributed by atoms with E-state index in [4.69, 9.17) is 28.4 Å². The van der Waals surface area contributed by atoms with E-state index >= 15 is 0 Å². The van der Waals surface area contributed by atoms with Crippen molar-refractivity contribution in [1.29, 1.82) is 0 Å². The van der Waals surface area contributed by atoms with E-state index in [9.17, 15) is 61.0 Å². The molecule has 1 amide bonds. The Bertz CT molecular complexity index is 2220. The van der Waals surface area contributed by atoms with E-state index < -0.39 is 124 Å². The molecule has 12 N–H and O–H groups in total. The Morgan fingerprint density at radius 3 is 1.09 bits per heavy atom. The summed E-state index contributed by atoms with van der Waals surface area (Å²) in [6.45, 7) is 1.68. The summed E-state index contributed by atoms with van der Waals surface area (Å²) >= 11 is 0. The Balaban J connectivity index is 1.33. The maximum absolute atomic E-state index is 13.5. The van der Waals surface area contributed by atoms with Gasteiger partial charge < -0.3 is 89.9 Å². The number of unbranched alkanes of at least 4 members (excludes halogenated alkanes) is 25. The third-order valence-corrected chi connectivity index (χ3v) is 18.6. The zero-order valence-corrected chi connectivity index (χ0v) is 60.7. The van der Waals surface area contributed by atoms with Crippen molar-refractivity contribution in [3.63, 3.8) is 0 Å².